The normalized spacial score (nSPS) is 12.2. The summed E-state index contributed by atoms with van der Waals surface area (Å²) in [5.41, 5.74) is 0. The number of unbranched alkanes of at least 4 members (excludes halogenated alkanes) is 3. The summed E-state index contributed by atoms with van der Waals surface area (Å²) in [5.74, 6) is -3.94. The van der Waals surface area contributed by atoms with Crippen LogP contribution in [0.15, 0.2) is 0 Å². The molecule has 4 radical (unpaired) electrons. The van der Waals surface area contributed by atoms with Crippen LogP contribution in [0.25, 0.3) is 0 Å². The summed E-state index contributed by atoms with van der Waals surface area (Å²) in [4.78, 5) is 107. The molecule has 0 rings (SSSR count). The van der Waals surface area contributed by atoms with Gasteiger partial charge in [-0.3, -0.25) is 43.2 Å². The lowest BCUT2D eigenvalue weighted by molar-refractivity contribution is -0.132. The number of carbonyl (C=O) groups excluding carboxylic acids is 9. The van der Waals surface area contributed by atoms with Gasteiger partial charge >= 0.3 is 0 Å². The molecule has 59 heavy (non-hydrogen) atoms. The number of nitrogens with one attached hydrogen (secondary N) is 8. The highest BCUT2D eigenvalue weighted by Gasteiger charge is 2.26. The molecule has 0 aliphatic carbocycles. The Balaban J connectivity index is 4.95. The average Bonchev–Trinajstić information content (AvgIpc) is 3.17. The lowest BCUT2D eigenvalue weighted by atomic mass is 10.0. The highest BCUT2D eigenvalue weighted by Crippen LogP contribution is 2.07. The minimum atomic E-state index is -1.01. The van der Waals surface area contributed by atoms with Crippen molar-refractivity contribution in [3.63, 3.8) is 0 Å². The van der Waals surface area contributed by atoms with Gasteiger partial charge in [0.25, 0.3) is 0 Å². The molecular weight excluding hydrogens is 774 g/mol. The molecule has 0 aromatic rings. The first-order chi connectivity index (χ1) is 28.3. The number of ether oxygens (including phenoxy) is 4. The summed E-state index contributed by atoms with van der Waals surface area (Å²) >= 11 is 0. The second-order valence-corrected chi connectivity index (χ2v) is 13.2. The second kappa shape index (κ2) is 36.5. The zero-order chi connectivity index (χ0) is 44.1. The Morgan fingerprint density at radius 2 is 0.966 bits per heavy atom. The van der Waals surface area contributed by atoms with Gasteiger partial charge < -0.3 is 61.5 Å². The van der Waals surface area contributed by atoms with Crippen molar-refractivity contribution in [2.75, 3.05) is 85.6 Å². The van der Waals surface area contributed by atoms with Crippen molar-refractivity contribution in [2.45, 2.75) is 89.8 Å². The summed E-state index contributed by atoms with van der Waals surface area (Å²) in [6.45, 7) is 4.97. The first-order valence-electron chi connectivity index (χ1n) is 19.7. The van der Waals surface area contributed by atoms with E-state index >= 15 is 0 Å². The minimum Gasteiger partial charge on any atom is -0.377 e. The van der Waals surface area contributed by atoms with E-state index in [1.807, 2.05) is 0 Å². The Morgan fingerprint density at radius 3 is 1.49 bits per heavy atom. The van der Waals surface area contributed by atoms with Crippen LogP contribution in [0, 0.1) is 0 Å². The Hall–Kier alpha value is -4.60. The molecule has 8 N–H and O–H groups in total. The fraction of sp³-hybridized carbons (Fsp3) is 0.750. The smallest absolute Gasteiger partial charge is 0.246 e. The van der Waals surface area contributed by atoms with Crippen LogP contribution in [0.2, 0.25) is 0 Å². The third kappa shape index (κ3) is 34.0. The molecule has 0 aromatic carbocycles. The van der Waals surface area contributed by atoms with Crippen molar-refractivity contribution >= 4 is 69.0 Å². The molecule has 23 heteroatoms. The number of carbonyl (C=O) groups is 9. The van der Waals surface area contributed by atoms with Gasteiger partial charge in [0.1, 0.15) is 31.3 Å². The molecule has 8 amide bonds. The van der Waals surface area contributed by atoms with Crippen molar-refractivity contribution in [2.24, 2.45) is 0 Å². The van der Waals surface area contributed by atoms with E-state index in [1.165, 1.54) is 13.8 Å². The topological polar surface area (TPSA) is 287 Å². The van der Waals surface area contributed by atoms with Crippen LogP contribution < -0.4 is 42.5 Å². The maximum absolute atomic E-state index is 13.3. The Labute approximate surface area is 348 Å². The Morgan fingerprint density at radius 1 is 0.492 bits per heavy atom. The highest BCUT2D eigenvalue weighted by molar-refractivity contribution is 6.57. The number of amides is 8. The van der Waals surface area contributed by atoms with E-state index in [0.29, 0.717) is 64.5 Å². The molecule has 0 bridgehead atoms. The number of ketones is 1. The molecule has 3 atom stereocenters. The largest absolute Gasteiger partial charge is 0.377 e. The van der Waals surface area contributed by atoms with Crippen molar-refractivity contribution < 1.29 is 62.1 Å². The second-order valence-electron chi connectivity index (χ2n) is 13.2. The quantitative estimate of drug-likeness (QED) is 0.0180. The molecule has 0 aromatic heterocycles. The van der Waals surface area contributed by atoms with Gasteiger partial charge in [0.2, 0.25) is 43.8 Å². The Bertz CT molecular complexity index is 1290. The number of rotatable bonds is 38. The minimum absolute atomic E-state index is 0.0292. The fourth-order valence-electron chi connectivity index (χ4n) is 5.13. The number of hydrogen-bond donors (Lipinski definition) is 8. The van der Waals surface area contributed by atoms with Crippen molar-refractivity contribution in [3.05, 3.63) is 0 Å². The van der Waals surface area contributed by atoms with Gasteiger partial charge in [-0.05, 0) is 64.7 Å². The summed E-state index contributed by atoms with van der Waals surface area (Å²) in [6.07, 6.45) is 4.15. The van der Waals surface area contributed by atoms with Gasteiger partial charge in [0.15, 0.2) is 25.2 Å². The SMILES string of the molecule is [B]C(=O)NCCCCC(NC(C)=O)C(=O)NC(CCCCNC(=O)C(CCCCNC=O)NC([B])=O)C(=O)NCCOCCOCC(=O)NCCOCCOCC(C)=O. The molecular formula is C36H62B2N8O13. The summed E-state index contributed by atoms with van der Waals surface area (Å²) < 4.78 is 21.1. The van der Waals surface area contributed by atoms with Crippen molar-refractivity contribution in [1.82, 2.24) is 42.5 Å². The molecule has 0 aliphatic heterocycles. The van der Waals surface area contributed by atoms with E-state index in [2.05, 4.69) is 42.5 Å². The van der Waals surface area contributed by atoms with Crippen LogP contribution >= 0.6 is 0 Å². The molecule has 0 heterocycles. The molecule has 0 saturated carbocycles. The van der Waals surface area contributed by atoms with Crippen LogP contribution in [0.5, 0.6) is 0 Å². The number of Topliss-reactive ketones (excluding diaryl/α,β-unsaturated/α-hetero) is 1. The molecule has 330 valence electrons. The number of hydrogen-bond acceptors (Lipinski definition) is 13. The van der Waals surface area contributed by atoms with Crippen LogP contribution in [-0.2, 0) is 52.5 Å². The van der Waals surface area contributed by atoms with Crippen molar-refractivity contribution in [3.8, 4) is 0 Å². The molecule has 21 nitrogen and oxygen atoms in total. The van der Waals surface area contributed by atoms with Crippen LogP contribution in [0.1, 0.15) is 71.6 Å². The van der Waals surface area contributed by atoms with Gasteiger partial charge in [-0.25, -0.2) is 0 Å². The summed E-state index contributed by atoms with van der Waals surface area (Å²) in [7, 11) is 10.3. The van der Waals surface area contributed by atoms with E-state index in [9.17, 15) is 43.2 Å². The van der Waals surface area contributed by atoms with E-state index in [0.717, 1.165) is 0 Å². The highest BCUT2D eigenvalue weighted by atomic mass is 16.5. The molecule has 0 saturated heterocycles. The maximum Gasteiger partial charge on any atom is 0.246 e. The van der Waals surface area contributed by atoms with Gasteiger partial charge in [-0.2, -0.15) is 0 Å². The summed E-state index contributed by atoms with van der Waals surface area (Å²) in [5, 5.41) is 20.8. The van der Waals surface area contributed by atoms with E-state index in [4.69, 9.17) is 34.6 Å². The molecule has 0 aliphatic rings. The maximum atomic E-state index is 13.3. The van der Waals surface area contributed by atoms with Crippen LogP contribution in [-0.4, -0.2) is 173 Å². The molecule has 0 fully saturated rings. The van der Waals surface area contributed by atoms with E-state index in [-0.39, 0.29) is 97.0 Å². The Kier molecular flexibility index (Phi) is 33.6. The third-order valence-electron chi connectivity index (χ3n) is 7.94. The standard InChI is InChI=1S/C36H62B2N8O13/c1-26(48)23-58-21-19-56-17-15-40-31(50)24-59-22-20-57-18-16-42-32(51)28(45-34(53)30(44-27(2)49)11-5-8-14-43-35(37)54)9-4-7-13-41-33(52)29(46-36(38)55)10-3-6-12-39-25-47/h25,28-30H,3-24H2,1-2H3,(H,39,47)(H,40,50)(H,41,52)(H,42,51)(H,43,54)(H,44,49)(H,45,53)(H,46,55). The monoisotopic (exact) mass is 836 g/mol. The zero-order valence-corrected chi connectivity index (χ0v) is 34.3. The molecule has 0 spiro atoms. The predicted octanol–water partition coefficient (Wildman–Crippen LogP) is -2.64. The third-order valence-corrected chi connectivity index (χ3v) is 7.94. The van der Waals surface area contributed by atoms with Gasteiger partial charge in [0.05, 0.1) is 39.6 Å². The van der Waals surface area contributed by atoms with Gasteiger partial charge in [-0.1, -0.05) is 0 Å². The first-order valence-corrected chi connectivity index (χ1v) is 19.7. The zero-order valence-electron chi connectivity index (χ0n) is 34.3. The summed E-state index contributed by atoms with van der Waals surface area (Å²) in [6, 6.07) is -2.84. The molecule has 3 unspecified atom stereocenters. The van der Waals surface area contributed by atoms with Gasteiger partial charge in [-0.15, -0.1) is 0 Å². The van der Waals surface area contributed by atoms with Crippen molar-refractivity contribution in [1.29, 1.82) is 0 Å². The first kappa shape index (κ1) is 54.4. The average molecular weight is 837 g/mol. The van der Waals surface area contributed by atoms with Crippen LogP contribution in [0.4, 0.5) is 9.59 Å². The lowest BCUT2D eigenvalue weighted by Gasteiger charge is -2.23. The fourth-order valence-corrected chi connectivity index (χ4v) is 5.13. The van der Waals surface area contributed by atoms with Crippen LogP contribution in [0.3, 0.4) is 0 Å². The van der Waals surface area contributed by atoms with E-state index in [1.54, 1.807) is 0 Å². The predicted molar refractivity (Wildman–Crippen MR) is 215 cm³/mol. The van der Waals surface area contributed by atoms with Gasteiger partial charge in [0, 0.05) is 39.6 Å². The van der Waals surface area contributed by atoms with E-state index < -0.39 is 53.4 Å². The lowest BCUT2D eigenvalue weighted by Crippen LogP contribution is -2.53.